The smallest absolute Gasteiger partial charge is 0.257 e. The Bertz CT molecular complexity index is 386. The lowest BCUT2D eigenvalue weighted by atomic mass is 9.99. The number of rotatable bonds is 9. The molecule has 112 valence electrons. The number of aryl methyl sites for hydroxylation is 1. The minimum atomic E-state index is -0.0412. The molecule has 0 aliphatic carbocycles. The van der Waals surface area contributed by atoms with Crippen molar-refractivity contribution in [3.63, 3.8) is 0 Å². The Morgan fingerprint density at radius 3 is 2.55 bits per heavy atom. The van der Waals surface area contributed by atoms with Gasteiger partial charge in [0, 0.05) is 6.54 Å². The highest BCUT2D eigenvalue weighted by atomic mass is 16.5. The summed E-state index contributed by atoms with van der Waals surface area (Å²) in [6.07, 6.45) is 4.74. The van der Waals surface area contributed by atoms with Gasteiger partial charge >= 0.3 is 0 Å². The fourth-order valence-electron chi connectivity index (χ4n) is 2.04. The van der Waals surface area contributed by atoms with E-state index in [-0.39, 0.29) is 12.5 Å². The van der Waals surface area contributed by atoms with E-state index in [1.807, 2.05) is 31.2 Å². The summed E-state index contributed by atoms with van der Waals surface area (Å²) in [6.45, 7) is 7.24. The Labute approximate surface area is 122 Å². The third kappa shape index (κ3) is 6.60. The van der Waals surface area contributed by atoms with E-state index in [1.54, 1.807) is 0 Å². The van der Waals surface area contributed by atoms with Gasteiger partial charge in [0.1, 0.15) is 5.75 Å². The van der Waals surface area contributed by atoms with Crippen LogP contribution in [0, 0.1) is 12.8 Å². The molecule has 0 aromatic heterocycles. The number of benzene rings is 1. The highest BCUT2D eigenvalue weighted by Gasteiger charge is 2.08. The maximum Gasteiger partial charge on any atom is 0.257 e. The van der Waals surface area contributed by atoms with Crippen LogP contribution in [0.3, 0.4) is 0 Å². The molecule has 0 bridgehead atoms. The Kier molecular flexibility index (Phi) is 7.78. The van der Waals surface area contributed by atoms with Crippen LogP contribution in [0.5, 0.6) is 5.75 Å². The molecule has 1 unspecified atom stereocenters. The molecule has 20 heavy (non-hydrogen) atoms. The Morgan fingerprint density at radius 2 is 1.95 bits per heavy atom. The third-order valence-corrected chi connectivity index (χ3v) is 3.52. The lowest BCUT2D eigenvalue weighted by Crippen LogP contribution is -2.33. The molecule has 3 nitrogen and oxygen atoms in total. The largest absolute Gasteiger partial charge is 0.484 e. The van der Waals surface area contributed by atoms with Gasteiger partial charge in [0.25, 0.3) is 5.91 Å². The molecule has 0 radical (unpaired) electrons. The van der Waals surface area contributed by atoms with E-state index in [4.69, 9.17) is 4.74 Å². The Hall–Kier alpha value is -1.51. The number of nitrogens with one attached hydrogen (secondary N) is 1. The van der Waals surface area contributed by atoms with E-state index in [9.17, 15) is 4.79 Å². The Balaban J connectivity index is 2.24. The van der Waals surface area contributed by atoms with Gasteiger partial charge in [-0.15, -0.1) is 0 Å². The predicted octanol–water partition coefficient (Wildman–Crippen LogP) is 3.71. The summed E-state index contributed by atoms with van der Waals surface area (Å²) in [5, 5.41) is 2.96. The molecular formula is C17H27NO2. The van der Waals surface area contributed by atoms with Gasteiger partial charge in [0.05, 0.1) is 0 Å². The molecular weight excluding hydrogens is 250 g/mol. The number of amides is 1. The maximum absolute atomic E-state index is 11.7. The van der Waals surface area contributed by atoms with E-state index in [2.05, 4.69) is 19.2 Å². The molecule has 0 heterocycles. The highest BCUT2D eigenvalue weighted by Crippen LogP contribution is 2.12. The molecule has 1 N–H and O–H groups in total. The minimum absolute atomic E-state index is 0.0412. The van der Waals surface area contributed by atoms with Crippen molar-refractivity contribution in [2.45, 2.75) is 46.5 Å². The lowest BCUT2D eigenvalue weighted by molar-refractivity contribution is -0.123. The maximum atomic E-state index is 11.7. The topological polar surface area (TPSA) is 38.3 Å². The van der Waals surface area contributed by atoms with Gasteiger partial charge < -0.3 is 10.1 Å². The van der Waals surface area contributed by atoms with Crippen LogP contribution in [0.4, 0.5) is 0 Å². The van der Waals surface area contributed by atoms with Gasteiger partial charge in [-0.1, -0.05) is 50.8 Å². The van der Waals surface area contributed by atoms with Crippen LogP contribution in [0.1, 0.15) is 45.1 Å². The second kappa shape index (κ2) is 9.40. The fraction of sp³-hybridized carbons (Fsp3) is 0.588. The molecule has 0 saturated heterocycles. The molecule has 0 saturated carbocycles. The zero-order valence-electron chi connectivity index (χ0n) is 12.9. The van der Waals surface area contributed by atoms with Gasteiger partial charge in [-0.05, 0) is 31.4 Å². The van der Waals surface area contributed by atoms with Crippen LogP contribution in [0.25, 0.3) is 0 Å². The van der Waals surface area contributed by atoms with Crippen molar-refractivity contribution in [1.29, 1.82) is 0 Å². The number of hydrogen-bond acceptors (Lipinski definition) is 2. The van der Waals surface area contributed by atoms with Gasteiger partial charge in [0.2, 0.25) is 0 Å². The molecule has 3 heteroatoms. The van der Waals surface area contributed by atoms with Crippen molar-refractivity contribution >= 4 is 5.91 Å². The van der Waals surface area contributed by atoms with E-state index < -0.39 is 0 Å². The van der Waals surface area contributed by atoms with Gasteiger partial charge in [0.15, 0.2) is 6.61 Å². The number of carbonyl (C=O) groups excluding carboxylic acids is 1. The lowest BCUT2D eigenvalue weighted by Gasteiger charge is -2.15. The number of ether oxygens (including phenoxy) is 1. The molecule has 1 amide bonds. The van der Waals surface area contributed by atoms with E-state index in [0.717, 1.165) is 18.7 Å². The molecule has 0 fully saturated rings. The van der Waals surface area contributed by atoms with Crippen LogP contribution in [-0.4, -0.2) is 19.1 Å². The van der Waals surface area contributed by atoms with Crippen molar-refractivity contribution < 1.29 is 9.53 Å². The fourth-order valence-corrected chi connectivity index (χ4v) is 2.04. The monoisotopic (exact) mass is 277 g/mol. The van der Waals surface area contributed by atoms with Gasteiger partial charge in [-0.3, -0.25) is 4.79 Å². The summed E-state index contributed by atoms with van der Waals surface area (Å²) in [5.74, 6) is 1.28. The van der Waals surface area contributed by atoms with Crippen molar-refractivity contribution in [1.82, 2.24) is 5.32 Å². The highest BCUT2D eigenvalue weighted by molar-refractivity contribution is 5.77. The summed E-state index contributed by atoms with van der Waals surface area (Å²) in [5.41, 5.74) is 1.18. The van der Waals surface area contributed by atoms with Crippen LogP contribution in [0.2, 0.25) is 0 Å². The number of carbonyl (C=O) groups is 1. The molecule has 1 atom stereocenters. The quantitative estimate of drug-likeness (QED) is 0.747. The van der Waals surface area contributed by atoms with Crippen molar-refractivity contribution in [2.24, 2.45) is 5.92 Å². The predicted molar refractivity (Wildman–Crippen MR) is 83.0 cm³/mol. The average molecular weight is 277 g/mol. The third-order valence-electron chi connectivity index (χ3n) is 3.52. The first-order valence-electron chi connectivity index (χ1n) is 7.61. The summed E-state index contributed by atoms with van der Waals surface area (Å²) in [4.78, 5) is 11.7. The van der Waals surface area contributed by atoms with E-state index in [0.29, 0.717) is 5.92 Å². The first-order chi connectivity index (χ1) is 9.65. The standard InChI is InChI=1S/C17H27NO2/c1-4-6-7-15(5-2)12-18-17(19)13-20-16-10-8-14(3)9-11-16/h8-11,15H,4-7,12-13H2,1-3H3,(H,18,19). The molecule has 1 aromatic rings. The number of unbranched alkanes of at least 4 members (excludes halogenated alkanes) is 1. The molecule has 1 aromatic carbocycles. The first-order valence-corrected chi connectivity index (χ1v) is 7.61. The zero-order chi connectivity index (χ0) is 14.8. The second-order valence-corrected chi connectivity index (χ2v) is 5.32. The SMILES string of the molecule is CCCCC(CC)CNC(=O)COc1ccc(C)cc1. The molecule has 0 aliphatic heterocycles. The summed E-state index contributed by atoms with van der Waals surface area (Å²) in [7, 11) is 0. The van der Waals surface area contributed by atoms with Crippen LogP contribution in [0.15, 0.2) is 24.3 Å². The van der Waals surface area contributed by atoms with E-state index in [1.165, 1.54) is 24.8 Å². The first kappa shape index (κ1) is 16.5. The minimum Gasteiger partial charge on any atom is -0.484 e. The Morgan fingerprint density at radius 1 is 1.25 bits per heavy atom. The van der Waals surface area contributed by atoms with Crippen LogP contribution >= 0.6 is 0 Å². The van der Waals surface area contributed by atoms with Crippen molar-refractivity contribution in [2.75, 3.05) is 13.2 Å². The van der Waals surface area contributed by atoms with Gasteiger partial charge in [-0.25, -0.2) is 0 Å². The van der Waals surface area contributed by atoms with E-state index >= 15 is 0 Å². The average Bonchev–Trinajstić information content (AvgIpc) is 2.47. The summed E-state index contributed by atoms with van der Waals surface area (Å²) >= 11 is 0. The molecule has 1 rings (SSSR count). The van der Waals surface area contributed by atoms with Gasteiger partial charge in [-0.2, -0.15) is 0 Å². The number of hydrogen-bond donors (Lipinski definition) is 1. The normalized spacial score (nSPS) is 11.9. The zero-order valence-corrected chi connectivity index (χ0v) is 12.9. The summed E-state index contributed by atoms with van der Waals surface area (Å²) < 4.78 is 5.46. The second-order valence-electron chi connectivity index (χ2n) is 5.32. The van der Waals surface area contributed by atoms with Crippen LogP contribution < -0.4 is 10.1 Å². The molecule has 0 aliphatic rings. The summed E-state index contributed by atoms with van der Waals surface area (Å²) in [6, 6.07) is 7.73. The van der Waals surface area contributed by atoms with Crippen molar-refractivity contribution in [3.8, 4) is 5.75 Å². The van der Waals surface area contributed by atoms with Crippen LogP contribution in [-0.2, 0) is 4.79 Å². The van der Waals surface area contributed by atoms with Crippen molar-refractivity contribution in [3.05, 3.63) is 29.8 Å². The molecule has 0 spiro atoms.